The van der Waals surface area contributed by atoms with Gasteiger partial charge in [0, 0.05) is 19.3 Å². The average molecular weight is 278 g/mol. The summed E-state index contributed by atoms with van der Waals surface area (Å²) in [5, 5.41) is 0.844. The third kappa shape index (κ3) is 2.25. The highest BCUT2D eigenvalue weighted by Crippen LogP contribution is 2.25. The molecule has 1 aliphatic rings. The van der Waals surface area contributed by atoms with E-state index in [4.69, 9.17) is 0 Å². The Morgan fingerprint density at radius 2 is 2.16 bits per heavy atom. The Kier molecular flexibility index (Phi) is 2.85. The van der Waals surface area contributed by atoms with E-state index in [2.05, 4.69) is 15.0 Å². The average Bonchev–Trinajstić information content (AvgIpc) is 2.78. The number of pyridine rings is 1. The summed E-state index contributed by atoms with van der Waals surface area (Å²) < 4.78 is 23.1. The minimum Gasteiger partial charge on any atom is -0.355 e. The monoisotopic (exact) mass is 278 g/mol. The van der Waals surface area contributed by atoms with Gasteiger partial charge in [-0.2, -0.15) is 0 Å². The fourth-order valence-corrected chi connectivity index (χ4v) is 4.19. The Bertz CT molecular complexity index is 711. The van der Waals surface area contributed by atoms with Gasteiger partial charge in [-0.05, 0) is 18.6 Å². The molecule has 0 saturated carbocycles. The van der Waals surface area contributed by atoms with Crippen LogP contribution in [0.15, 0.2) is 24.7 Å². The normalized spacial score (nSPS) is 21.6. The Morgan fingerprint density at radius 3 is 2.89 bits per heavy atom. The van der Waals surface area contributed by atoms with Crippen molar-refractivity contribution in [2.24, 2.45) is 0 Å². The van der Waals surface area contributed by atoms with Crippen LogP contribution in [-0.2, 0) is 9.84 Å². The zero-order chi connectivity index (χ0) is 13.5. The van der Waals surface area contributed by atoms with Crippen LogP contribution in [0.5, 0.6) is 0 Å². The van der Waals surface area contributed by atoms with Crippen LogP contribution in [0.3, 0.4) is 0 Å². The van der Waals surface area contributed by atoms with Gasteiger partial charge < -0.3 is 4.90 Å². The molecule has 1 fully saturated rings. The van der Waals surface area contributed by atoms with Crippen molar-refractivity contribution in [1.82, 2.24) is 15.0 Å². The zero-order valence-electron chi connectivity index (χ0n) is 10.5. The summed E-state index contributed by atoms with van der Waals surface area (Å²) >= 11 is 0. The number of hydrogen-bond acceptors (Lipinski definition) is 6. The lowest BCUT2D eigenvalue weighted by atomic mass is 10.2. The second-order valence-electron chi connectivity index (χ2n) is 4.74. The van der Waals surface area contributed by atoms with E-state index in [1.54, 1.807) is 6.20 Å². The minimum absolute atomic E-state index is 0.0247. The molecule has 3 rings (SSSR count). The van der Waals surface area contributed by atoms with Gasteiger partial charge in [-0.3, -0.25) is 0 Å². The zero-order valence-corrected chi connectivity index (χ0v) is 11.3. The first-order valence-electron chi connectivity index (χ1n) is 6.06. The number of rotatable bonds is 2. The van der Waals surface area contributed by atoms with Crippen LogP contribution in [0, 0.1) is 0 Å². The molecule has 1 aliphatic heterocycles. The van der Waals surface area contributed by atoms with Crippen LogP contribution < -0.4 is 4.90 Å². The molecule has 0 bridgehead atoms. The quantitative estimate of drug-likeness (QED) is 0.802. The van der Waals surface area contributed by atoms with Gasteiger partial charge in [-0.15, -0.1) is 0 Å². The molecule has 0 radical (unpaired) electrons. The number of nitrogens with zero attached hydrogens (tertiary/aromatic N) is 4. The Balaban J connectivity index is 2.00. The van der Waals surface area contributed by atoms with Crippen molar-refractivity contribution >= 4 is 26.7 Å². The molecule has 0 amide bonds. The number of fused-ring (bicyclic) bond motifs is 1. The summed E-state index contributed by atoms with van der Waals surface area (Å²) in [6, 6.07) is 3.70. The molecule has 1 saturated heterocycles. The van der Waals surface area contributed by atoms with E-state index in [9.17, 15) is 8.42 Å². The van der Waals surface area contributed by atoms with Gasteiger partial charge in [-0.1, -0.05) is 0 Å². The molecule has 1 unspecified atom stereocenters. The maximum absolute atomic E-state index is 11.6. The Hall–Kier alpha value is -1.76. The fraction of sp³-hybridized carbons (Fsp3) is 0.417. The molecule has 0 aliphatic carbocycles. The maximum Gasteiger partial charge on any atom is 0.164 e. The first kappa shape index (κ1) is 12.3. The lowest BCUT2D eigenvalue weighted by molar-refractivity contribution is 0.600. The van der Waals surface area contributed by atoms with E-state index in [0.29, 0.717) is 12.1 Å². The van der Waals surface area contributed by atoms with Gasteiger partial charge in [0.2, 0.25) is 0 Å². The minimum atomic E-state index is -2.90. The van der Waals surface area contributed by atoms with Crippen molar-refractivity contribution < 1.29 is 8.42 Å². The van der Waals surface area contributed by atoms with Crippen molar-refractivity contribution in [1.29, 1.82) is 0 Å². The molecule has 2 aromatic heterocycles. The van der Waals surface area contributed by atoms with E-state index < -0.39 is 9.84 Å². The molecule has 0 spiro atoms. The van der Waals surface area contributed by atoms with Gasteiger partial charge >= 0.3 is 0 Å². The van der Waals surface area contributed by atoms with Gasteiger partial charge in [0.15, 0.2) is 15.5 Å². The molecule has 7 heteroatoms. The summed E-state index contributed by atoms with van der Waals surface area (Å²) in [6.45, 7) is 0. The van der Waals surface area contributed by atoms with E-state index in [1.165, 1.54) is 6.33 Å². The summed E-state index contributed by atoms with van der Waals surface area (Å²) in [6.07, 6.45) is 3.79. The van der Waals surface area contributed by atoms with E-state index in [0.717, 1.165) is 11.2 Å². The number of aromatic nitrogens is 3. The smallest absolute Gasteiger partial charge is 0.164 e. The van der Waals surface area contributed by atoms with Crippen LogP contribution in [0.2, 0.25) is 0 Å². The lowest BCUT2D eigenvalue weighted by Gasteiger charge is -2.25. The molecule has 6 nitrogen and oxygen atoms in total. The van der Waals surface area contributed by atoms with E-state index in [1.807, 2.05) is 24.1 Å². The van der Waals surface area contributed by atoms with Crippen molar-refractivity contribution in [2.75, 3.05) is 23.5 Å². The lowest BCUT2D eigenvalue weighted by Crippen LogP contribution is -2.33. The van der Waals surface area contributed by atoms with Crippen molar-refractivity contribution in [2.45, 2.75) is 12.5 Å². The Morgan fingerprint density at radius 1 is 1.32 bits per heavy atom. The molecule has 100 valence electrons. The predicted molar refractivity (Wildman–Crippen MR) is 72.8 cm³/mol. The second kappa shape index (κ2) is 4.41. The first-order chi connectivity index (χ1) is 9.07. The van der Waals surface area contributed by atoms with Crippen LogP contribution in [-0.4, -0.2) is 48.0 Å². The highest BCUT2D eigenvalue weighted by atomic mass is 32.2. The van der Waals surface area contributed by atoms with Gasteiger partial charge in [0.25, 0.3) is 0 Å². The molecule has 3 heterocycles. The summed E-state index contributed by atoms with van der Waals surface area (Å²) in [7, 11) is -1.03. The predicted octanol–water partition coefficient (Wildman–Crippen LogP) is 0.648. The summed E-state index contributed by atoms with van der Waals surface area (Å²) in [5.41, 5.74) is 0.625. The molecular formula is C12H14N4O2S. The van der Waals surface area contributed by atoms with Gasteiger partial charge in [0.05, 0.1) is 16.9 Å². The third-order valence-electron chi connectivity index (χ3n) is 3.48. The highest BCUT2D eigenvalue weighted by Gasteiger charge is 2.31. The molecule has 19 heavy (non-hydrogen) atoms. The third-order valence-corrected chi connectivity index (χ3v) is 5.23. The van der Waals surface area contributed by atoms with Crippen molar-refractivity contribution in [3.63, 3.8) is 0 Å². The summed E-state index contributed by atoms with van der Waals surface area (Å²) in [4.78, 5) is 14.5. The molecular weight excluding hydrogens is 264 g/mol. The number of anilines is 1. The van der Waals surface area contributed by atoms with Gasteiger partial charge in [0.1, 0.15) is 12.1 Å². The van der Waals surface area contributed by atoms with Crippen LogP contribution in [0.25, 0.3) is 11.0 Å². The molecule has 0 aromatic carbocycles. The van der Waals surface area contributed by atoms with Crippen molar-refractivity contribution in [3.8, 4) is 0 Å². The fourth-order valence-electron chi connectivity index (χ4n) is 2.42. The maximum atomic E-state index is 11.6. The SMILES string of the molecule is CN(c1ncnc2ncccc12)C1CCS(=O)(=O)C1. The second-order valence-corrected chi connectivity index (χ2v) is 6.97. The molecule has 0 N–H and O–H groups in total. The Labute approximate surface area is 111 Å². The first-order valence-corrected chi connectivity index (χ1v) is 7.88. The van der Waals surface area contributed by atoms with E-state index in [-0.39, 0.29) is 17.5 Å². The van der Waals surface area contributed by atoms with E-state index >= 15 is 0 Å². The topological polar surface area (TPSA) is 76.1 Å². The van der Waals surface area contributed by atoms with Gasteiger partial charge in [-0.25, -0.2) is 23.4 Å². The molecule has 1 atom stereocenters. The highest BCUT2D eigenvalue weighted by molar-refractivity contribution is 7.91. The van der Waals surface area contributed by atoms with Crippen LogP contribution in [0.4, 0.5) is 5.82 Å². The van der Waals surface area contributed by atoms with Crippen LogP contribution in [0.1, 0.15) is 6.42 Å². The standard InChI is InChI=1S/C12H14N4O2S/c1-16(9-4-6-19(17,18)7-9)12-10-3-2-5-13-11(10)14-8-15-12/h2-3,5,8-9H,4,6-7H2,1H3. The largest absolute Gasteiger partial charge is 0.355 e. The summed E-state index contributed by atoms with van der Waals surface area (Å²) in [5.74, 6) is 1.18. The van der Waals surface area contributed by atoms with Crippen molar-refractivity contribution in [3.05, 3.63) is 24.7 Å². The van der Waals surface area contributed by atoms with Crippen LogP contribution >= 0.6 is 0 Å². The number of hydrogen-bond donors (Lipinski definition) is 0. The molecule has 2 aromatic rings. The number of sulfone groups is 1.